The Kier molecular flexibility index (Phi) is 5.52. The van der Waals surface area contributed by atoms with E-state index < -0.39 is 5.91 Å². The fourth-order valence-electron chi connectivity index (χ4n) is 4.56. The van der Waals surface area contributed by atoms with Crippen molar-refractivity contribution in [3.05, 3.63) is 51.4 Å². The molecule has 0 bridgehead atoms. The number of nitrogens with one attached hydrogen (secondary N) is 1. The highest BCUT2D eigenvalue weighted by Gasteiger charge is 2.26. The Balaban J connectivity index is 2.07. The van der Waals surface area contributed by atoms with E-state index >= 15 is 0 Å². The van der Waals surface area contributed by atoms with Crippen molar-refractivity contribution < 1.29 is 9.53 Å². The van der Waals surface area contributed by atoms with E-state index in [2.05, 4.69) is 22.2 Å². The molecule has 1 aromatic carbocycles. The molecular formula is C23H28N6O3. The summed E-state index contributed by atoms with van der Waals surface area (Å²) in [5.41, 5.74) is 14.7. The van der Waals surface area contributed by atoms with Gasteiger partial charge in [0, 0.05) is 24.3 Å². The van der Waals surface area contributed by atoms with Crippen molar-refractivity contribution >= 4 is 28.3 Å². The van der Waals surface area contributed by atoms with Gasteiger partial charge in [0.15, 0.2) is 0 Å². The number of ether oxygens (including phenoxy) is 1. The lowest BCUT2D eigenvalue weighted by Gasteiger charge is -2.21. The number of nitrogens with two attached hydrogens (primary N) is 2. The van der Waals surface area contributed by atoms with E-state index in [0.717, 1.165) is 30.6 Å². The van der Waals surface area contributed by atoms with Crippen molar-refractivity contribution in [1.29, 1.82) is 0 Å². The van der Waals surface area contributed by atoms with E-state index in [9.17, 15) is 9.59 Å². The summed E-state index contributed by atoms with van der Waals surface area (Å²) >= 11 is 0. The Morgan fingerprint density at radius 2 is 2.03 bits per heavy atom. The van der Waals surface area contributed by atoms with Crippen LogP contribution in [-0.2, 0) is 0 Å². The number of nitrogens with zero attached hydrogens (tertiary/aromatic N) is 3. The van der Waals surface area contributed by atoms with Crippen LogP contribution in [0.1, 0.15) is 27.9 Å². The highest BCUT2D eigenvalue weighted by Crippen LogP contribution is 2.32. The van der Waals surface area contributed by atoms with Crippen LogP contribution in [0.2, 0.25) is 0 Å². The van der Waals surface area contributed by atoms with Crippen LogP contribution in [0.5, 0.6) is 5.75 Å². The zero-order chi connectivity index (χ0) is 23.2. The third kappa shape index (κ3) is 3.44. The summed E-state index contributed by atoms with van der Waals surface area (Å²) in [6.45, 7) is 5.53. The normalized spacial score (nSPS) is 16.4. The highest BCUT2D eigenvalue weighted by atomic mass is 16.5. The maximum absolute atomic E-state index is 13.9. The van der Waals surface area contributed by atoms with E-state index in [1.807, 2.05) is 26.0 Å². The molecule has 1 aliphatic heterocycles. The molecule has 1 amide bonds. The molecule has 32 heavy (non-hydrogen) atoms. The Morgan fingerprint density at radius 3 is 2.66 bits per heavy atom. The molecular weight excluding hydrogens is 408 g/mol. The number of carbonyl (C=O) groups excluding carboxylic acids is 1. The molecule has 168 valence electrons. The van der Waals surface area contributed by atoms with Gasteiger partial charge in [-0.05, 0) is 51.6 Å². The van der Waals surface area contributed by atoms with Crippen LogP contribution in [0.4, 0.5) is 11.5 Å². The second kappa shape index (κ2) is 8.16. The molecule has 2 aromatic heterocycles. The van der Waals surface area contributed by atoms with Crippen molar-refractivity contribution in [2.45, 2.75) is 26.3 Å². The number of amides is 1. The van der Waals surface area contributed by atoms with Gasteiger partial charge in [0.25, 0.3) is 11.5 Å². The number of hydrogen-bond donors (Lipinski definition) is 3. The molecule has 9 nitrogen and oxygen atoms in total. The van der Waals surface area contributed by atoms with Crippen molar-refractivity contribution in [3.8, 4) is 11.4 Å². The largest absolute Gasteiger partial charge is 0.496 e. The lowest BCUT2D eigenvalue weighted by atomic mass is 10.0. The zero-order valence-electron chi connectivity index (χ0n) is 18.7. The van der Waals surface area contributed by atoms with Gasteiger partial charge in [0.05, 0.1) is 29.4 Å². The van der Waals surface area contributed by atoms with Crippen LogP contribution < -0.4 is 27.1 Å². The van der Waals surface area contributed by atoms with E-state index in [-0.39, 0.29) is 33.9 Å². The zero-order valence-corrected chi connectivity index (χ0v) is 18.7. The van der Waals surface area contributed by atoms with Gasteiger partial charge in [0.2, 0.25) is 0 Å². The second-order valence-electron chi connectivity index (χ2n) is 8.30. The molecule has 1 aliphatic rings. The Labute approximate surface area is 186 Å². The van der Waals surface area contributed by atoms with Gasteiger partial charge in [-0.15, -0.1) is 0 Å². The third-order valence-corrected chi connectivity index (χ3v) is 6.13. The summed E-state index contributed by atoms with van der Waals surface area (Å²) in [5.74, 6) is -0.180. The lowest BCUT2D eigenvalue weighted by molar-refractivity contribution is 0.100. The lowest BCUT2D eigenvalue weighted by Crippen LogP contribution is -2.30. The molecule has 0 spiro atoms. The van der Waals surface area contributed by atoms with Crippen LogP contribution in [0.3, 0.4) is 0 Å². The number of aromatic nitrogens is 2. The predicted octanol–water partition coefficient (Wildman–Crippen LogP) is 1.81. The Bertz CT molecular complexity index is 1280. The molecule has 3 aromatic rings. The predicted molar refractivity (Wildman–Crippen MR) is 126 cm³/mol. The van der Waals surface area contributed by atoms with Gasteiger partial charge >= 0.3 is 0 Å². The quantitative estimate of drug-likeness (QED) is 0.556. The van der Waals surface area contributed by atoms with Gasteiger partial charge in [0.1, 0.15) is 17.1 Å². The maximum Gasteiger partial charge on any atom is 0.268 e. The second-order valence-corrected chi connectivity index (χ2v) is 8.30. The van der Waals surface area contributed by atoms with Crippen molar-refractivity contribution in [1.82, 2.24) is 14.5 Å². The Morgan fingerprint density at radius 1 is 1.28 bits per heavy atom. The highest BCUT2D eigenvalue weighted by molar-refractivity contribution is 6.11. The molecule has 4 rings (SSSR count). The first-order valence-corrected chi connectivity index (χ1v) is 10.5. The number of fused-ring (bicyclic) bond motifs is 1. The number of carbonyl (C=O) groups is 1. The topological polar surface area (TPSA) is 128 Å². The van der Waals surface area contributed by atoms with E-state index in [4.69, 9.17) is 16.2 Å². The summed E-state index contributed by atoms with van der Waals surface area (Å²) in [4.78, 5) is 32.9. The number of hydrogen-bond acceptors (Lipinski definition) is 7. The van der Waals surface area contributed by atoms with E-state index in [1.165, 1.54) is 4.57 Å². The monoisotopic (exact) mass is 436 g/mol. The molecule has 9 heteroatoms. The molecule has 1 saturated heterocycles. The van der Waals surface area contributed by atoms with Crippen LogP contribution >= 0.6 is 0 Å². The minimum absolute atomic E-state index is 0.0217. The molecule has 3 heterocycles. The average molecular weight is 437 g/mol. The molecule has 0 saturated carbocycles. The number of pyridine rings is 2. The number of rotatable bonds is 5. The number of nitrogen functional groups attached to an aromatic ring is 1. The number of likely N-dealkylation sites (tertiary alicyclic amines) is 1. The van der Waals surface area contributed by atoms with Crippen LogP contribution in [-0.4, -0.2) is 53.6 Å². The first-order valence-electron chi connectivity index (χ1n) is 10.5. The molecule has 0 unspecified atom stereocenters. The van der Waals surface area contributed by atoms with Crippen molar-refractivity contribution in [3.63, 3.8) is 0 Å². The Hall–Kier alpha value is -3.59. The average Bonchev–Trinajstić information content (AvgIpc) is 3.14. The minimum Gasteiger partial charge on any atom is -0.496 e. The summed E-state index contributed by atoms with van der Waals surface area (Å²) in [6.07, 6.45) is 2.50. The van der Waals surface area contributed by atoms with Crippen LogP contribution in [0.25, 0.3) is 16.6 Å². The summed E-state index contributed by atoms with van der Waals surface area (Å²) in [7, 11) is 3.62. The van der Waals surface area contributed by atoms with Gasteiger partial charge in [-0.1, -0.05) is 6.07 Å². The minimum atomic E-state index is -0.746. The van der Waals surface area contributed by atoms with Crippen molar-refractivity contribution in [2.75, 3.05) is 38.3 Å². The third-order valence-electron chi connectivity index (χ3n) is 6.13. The molecule has 0 aliphatic carbocycles. The summed E-state index contributed by atoms with van der Waals surface area (Å²) in [6, 6.07) is 5.60. The van der Waals surface area contributed by atoms with Crippen molar-refractivity contribution in [2.24, 2.45) is 5.73 Å². The number of anilines is 2. The van der Waals surface area contributed by atoms with Crippen LogP contribution in [0.15, 0.2) is 29.2 Å². The number of primary amides is 1. The number of aryl methyl sites for hydroxylation is 1. The van der Waals surface area contributed by atoms with Gasteiger partial charge in [-0.2, -0.15) is 0 Å². The van der Waals surface area contributed by atoms with Gasteiger partial charge < -0.3 is 26.4 Å². The SMILES string of the molecule is COc1ccc(C)c(-n2c(N)c(C(N)=O)c3nccc(N[C@@H]4CCN(C)C4)c3c2=O)c1C. The molecule has 5 N–H and O–H groups in total. The summed E-state index contributed by atoms with van der Waals surface area (Å²) in [5, 5.41) is 3.74. The number of benzene rings is 1. The first kappa shape index (κ1) is 21.6. The first-order chi connectivity index (χ1) is 15.2. The molecule has 1 atom stereocenters. The smallest absolute Gasteiger partial charge is 0.268 e. The number of likely N-dealkylation sites (N-methyl/N-ethyl adjacent to an activating group) is 1. The summed E-state index contributed by atoms with van der Waals surface area (Å²) < 4.78 is 6.80. The van der Waals surface area contributed by atoms with Crippen LogP contribution in [0, 0.1) is 13.8 Å². The fraction of sp³-hybridized carbons (Fsp3) is 0.348. The molecule has 0 radical (unpaired) electrons. The fourth-order valence-corrected chi connectivity index (χ4v) is 4.56. The molecule has 1 fully saturated rings. The standard InChI is InChI=1S/C23H28N6O3/c1-12-5-6-16(32-4)13(2)20(12)29-21(24)18(22(25)30)19-17(23(29)31)15(7-9-26-19)27-14-8-10-28(3)11-14/h5-7,9,14H,8,10-11,24H2,1-4H3,(H2,25,30)(H,26,27)/t14-/m1/s1. The van der Waals surface area contributed by atoms with Gasteiger partial charge in [-0.25, -0.2) is 0 Å². The maximum atomic E-state index is 13.9. The van der Waals surface area contributed by atoms with Gasteiger partial charge in [-0.3, -0.25) is 19.1 Å². The van der Waals surface area contributed by atoms with E-state index in [0.29, 0.717) is 17.1 Å². The van der Waals surface area contributed by atoms with E-state index in [1.54, 1.807) is 19.4 Å². The number of methoxy groups -OCH3 is 1.